The molecule has 11 heteroatoms. The van der Waals surface area contributed by atoms with Gasteiger partial charge in [-0.05, 0) is 67.0 Å². The zero-order valence-electron chi connectivity index (χ0n) is 22.4. The molecule has 9 nitrogen and oxygen atoms in total. The molecule has 3 N–H and O–H groups in total. The van der Waals surface area contributed by atoms with Gasteiger partial charge in [0.1, 0.15) is 23.8 Å². The van der Waals surface area contributed by atoms with Crippen molar-refractivity contribution in [3.63, 3.8) is 0 Å². The molecular weight excluding hydrogens is 530 g/mol. The van der Waals surface area contributed by atoms with Gasteiger partial charge >= 0.3 is 0 Å². The maximum Gasteiger partial charge on any atom is 0.284 e. The Kier molecular flexibility index (Phi) is 6.17. The van der Waals surface area contributed by atoms with Crippen molar-refractivity contribution in [3.05, 3.63) is 65.9 Å². The SMILES string of the molecule is CCc1cc(-c2ccc3c(C4(C(=O)NC5(C#N)CC5)CCC(F)(F)CC4)c(C(N)=O)oc3c2)ccc1-n1cncn1. The first-order valence-electron chi connectivity index (χ1n) is 13.6. The van der Waals surface area contributed by atoms with Crippen LogP contribution in [0, 0.1) is 11.3 Å². The van der Waals surface area contributed by atoms with E-state index in [1.54, 1.807) is 23.1 Å². The highest BCUT2D eigenvalue weighted by Crippen LogP contribution is 2.50. The molecule has 2 aliphatic carbocycles. The molecule has 210 valence electrons. The van der Waals surface area contributed by atoms with Crippen molar-refractivity contribution in [2.24, 2.45) is 5.73 Å². The first kappa shape index (κ1) is 26.6. The number of primary amides is 1. The standard InChI is InChI=1S/C30H28F2N6O3/c1-2-18-13-19(4-6-22(18)38-17-35-16-36-38)20-3-5-21-23(14-20)41-25(26(34)39)24(21)29(9-11-30(31,32)12-10-29)27(40)37-28(15-33)7-8-28/h3-6,13-14,16-17H,2,7-12H2,1H3,(H2,34,39)(H,37,40). The normalized spacial score (nSPS) is 18.5. The highest BCUT2D eigenvalue weighted by Gasteiger charge is 2.55. The number of fused-ring (bicyclic) bond motifs is 1. The number of furan rings is 1. The largest absolute Gasteiger partial charge is 0.451 e. The van der Waals surface area contributed by atoms with Crippen LogP contribution in [0.1, 0.15) is 67.1 Å². The first-order valence-corrected chi connectivity index (χ1v) is 13.6. The van der Waals surface area contributed by atoms with E-state index in [4.69, 9.17) is 10.2 Å². The number of halogens is 2. The average Bonchev–Trinajstić information content (AvgIpc) is 3.34. The van der Waals surface area contributed by atoms with E-state index >= 15 is 0 Å². The Balaban J connectivity index is 1.46. The summed E-state index contributed by atoms with van der Waals surface area (Å²) in [5, 5.41) is 17.0. The predicted molar refractivity (Wildman–Crippen MR) is 145 cm³/mol. The lowest BCUT2D eigenvalue weighted by atomic mass is 9.66. The number of hydrogen-bond acceptors (Lipinski definition) is 6. The number of amides is 2. The summed E-state index contributed by atoms with van der Waals surface area (Å²) >= 11 is 0. The average molecular weight is 559 g/mol. The molecule has 6 rings (SSSR count). The van der Waals surface area contributed by atoms with Gasteiger partial charge in [0.2, 0.25) is 11.8 Å². The molecule has 0 atom stereocenters. The molecule has 2 fully saturated rings. The van der Waals surface area contributed by atoms with Crippen LogP contribution in [0.5, 0.6) is 0 Å². The van der Waals surface area contributed by atoms with Crippen LogP contribution in [0.25, 0.3) is 27.8 Å². The molecule has 2 aliphatic rings. The lowest BCUT2D eigenvalue weighted by Gasteiger charge is -2.39. The van der Waals surface area contributed by atoms with E-state index < -0.39 is 41.5 Å². The highest BCUT2D eigenvalue weighted by molar-refractivity contribution is 6.04. The third-order valence-electron chi connectivity index (χ3n) is 8.44. The van der Waals surface area contributed by atoms with Crippen LogP contribution in [-0.4, -0.2) is 38.0 Å². The lowest BCUT2D eigenvalue weighted by molar-refractivity contribution is -0.132. The third kappa shape index (κ3) is 4.53. The second kappa shape index (κ2) is 9.51. The van der Waals surface area contributed by atoms with Crippen molar-refractivity contribution >= 4 is 22.8 Å². The van der Waals surface area contributed by atoms with Crippen molar-refractivity contribution in [2.75, 3.05) is 0 Å². The molecule has 2 aromatic heterocycles. The highest BCUT2D eigenvalue weighted by atomic mass is 19.3. The lowest BCUT2D eigenvalue weighted by Crippen LogP contribution is -2.52. The maximum absolute atomic E-state index is 14.4. The molecule has 2 aromatic carbocycles. The topological polar surface area (TPSA) is 140 Å². The summed E-state index contributed by atoms with van der Waals surface area (Å²) in [4.78, 5) is 30.5. The van der Waals surface area contributed by atoms with E-state index in [1.807, 2.05) is 31.2 Å². The summed E-state index contributed by atoms with van der Waals surface area (Å²) < 4.78 is 36.4. The van der Waals surface area contributed by atoms with Crippen LogP contribution in [0.4, 0.5) is 8.78 Å². The van der Waals surface area contributed by atoms with E-state index in [1.165, 1.54) is 6.33 Å². The molecular formula is C30H28F2N6O3. The fraction of sp³-hybridized carbons (Fsp3) is 0.367. The van der Waals surface area contributed by atoms with Gasteiger partial charge in [-0.25, -0.2) is 18.4 Å². The minimum Gasteiger partial charge on any atom is -0.451 e. The van der Waals surface area contributed by atoms with Crippen LogP contribution in [0.2, 0.25) is 0 Å². The minimum atomic E-state index is -2.94. The molecule has 0 radical (unpaired) electrons. The van der Waals surface area contributed by atoms with Crippen LogP contribution < -0.4 is 11.1 Å². The number of nitrogens with two attached hydrogens (primary N) is 1. The maximum atomic E-state index is 14.4. The van der Waals surface area contributed by atoms with Gasteiger partial charge < -0.3 is 15.5 Å². The van der Waals surface area contributed by atoms with Crippen molar-refractivity contribution in [2.45, 2.75) is 68.7 Å². The zero-order chi connectivity index (χ0) is 29.0. The van der Waals surface area contributed by atoms with Gasteiger partial charge in [0, 0.05) is 23.8 Å². The number of nitrogens with zero attached hydrogens (tertiary/aromatic N) is 4. The predicted octanol–water partition coefficient (Wildman–Crippen LogP) is 4.96. The molecule has 0 spiro atoms. The Morgan fingerprint density at radius 3 is 2.41 bits per heavy atom. The van der Waals surface area contributed by atoms with Crippen molar-refractivity contribution in [1.29, 1.82) is 5.26 Å². The van der Waals surface area contributed by atoms with Gasteiger partial charge in [0.05, 0.1) is 17.2 Å². The number of alkyl halides is 2. The monoisotopic (exact) mass is 558 g/mol. The van der Waals surface area contributed by atoms with E-state index in [0.29, 0.717) is 23.8 Å². The Morgan fingerprint density at radius 2 is 1.80 bits per heavy atom. The number of hydrogen-bond donors (Lipinski definition) is 2. The van der Waals surface area contributed by atoms with Crippen molar-refractivity contribution in [1.82, 2.24) is 20.1 Å². The zero-order valence-corrected chi connectivity index (χ0v) is 22.4. The summed E-state index contributed by atoms with van der Waals surface area (Å²) in [6.07, 6.45) is 3.30. The molecule has 0 unspecified atom stereocenters. The van der Waals surface area contributed by atoms with E-state index in [-0.39, 0.29) is 24.2 Å². The van der Waals surface area contributed by atoms with Crippen LogP contribution in [0.15, 0.2) is 53.5 Å². The number of nitrogens with one attached hydrogen (secondary N) is 1. The van der Waals surface area contributed by atoms with E-state index in [9.17, 15) is 23.6 Å². The van der Waals surface area contributed by atoms with Gasteiger partial charge in [-0.3, -0.25) is 9.59 Å². The van der Waals surface area contributed by atoms with E-state index in [0.717, 1.165) is 28.8 Å². The molecule has 4 aromatic rings. The number of benzene rings is 2. The molecule has 41 heavy (non-hydrogen) atoms. The fourth-order valence-corrected chi connectivity index (χ4v) is 5.89. The van der Waals surface area contributed by atoms with Crippen LogP contribution >= 0.6 is 0 Å². The third-order valence-corrected chi connectivity index (χ3v) is 8.44. The summed E-state index contributed by atoms with van der Waals surface area (Å²) in [6, 6.07) is 13.4. The number of carbonyl (C=O) groups is 2. The van der Waals surface area contributed by atoms with Gasteiger partial charge in [0.15, 0.2) is 5.76 Å². The Morgan fingerprint density at radius 1 is 1.10 bits per heavy atom. The fourth-order valence-electron chi connectivity index (χ4n) is 5.89. The van der Waals surface area contributed by atoms with Gasteiger partial charge in [-0.2, -0.15) is 10.4 Å². The van der Waals surface area contributed by atoms with Gasteiger partial charge in [-0.1, -0.05) is 25.1 Å². The second-order valence-corrected chi connectivity index (χ2v) is 11.0. The number of nitriles is 1. The molecule has 2 heterocycles. The number of carbonyl (C=O) groups excluding carboxylic acids is 2. The minimum absolute atomic E-state index is 0.212. The van der Waals surface area contributed by atoms with Crippen molar-refractivity contribution < 1.29 is 22.8 Å². The van der Waals surface area contributed by atoms with Gasteiger partial charge in [-0.15, -0.1) is 0 Å². The number of rotatable bonds is 7. The first-order chi connectivity index (χ1) is 19.6. The van der Waals surface area contributed by atoms with Gasteiger partial charge in [0.25, 0.3) is 5.91 Å². The smallest absolute Gasteiger partial charge is 0.284 e. The summed E-state index contributed by atoms with van der Waals surface area (Å²) in [7, 11) is 0. The number of aromatic nitrogens is 3. The Hall–Kier alpha value is -4.59. The molecule has 0 saturated heterocycles. The molecule has 2 saturated carbocycles. The summed E-state index contributed by atoms with van der Waals surface area (Å²) in [5.74, 6) is -4.62. The molecule has 2 amide bonds. The Labute approximate surface area is 234 Å². The number of aryl methyl sites for hydroxylation is 1. The van der Waals surface area contributed by atoms with Crippen LogP contribution in [0.3, 0.4) is 0 Å². The van der Waals surface area contributed by atoms with Crippen LogP contribution in [-0.2, 0) is 16.6 Å². The summed E-state index contributed by atoms with van der Waals surface area (Å²) in [6.45, 7) is 2.04. The Bertz CT molecular complexity index is 1710. The molecule has 0 bridgehead atoms. The summed E-state index contributed by atoms with van der Waals surface area (Å²) in [5.41, 5.74) is 7.37. The quantitative estimate of drug-likeness (QED) is 0.329. The van der Waals surface area contributed by atoms with E-state index in [2.05, 4.69) is 21.5 Å². The van der Waals surface area contributed by atoms with Crippen molar-refractivity contribution in [3.8, 4) is 22.9 Å². The second-order valence-electron chi connectivity index (χ2n) is 11.0. The molecule has 0 aliphatic heterocycles.